The first-order valence-electron chi connectivity index (χ1n) is 2.46. The first kappa shape index (κ1) is 8.46. The molecule has 0 aromatic carbocycles. The molecule has 0 fully saturated rings. The van der Waals surface area contributed by atoms with Gasteiger partial charge in [-0.15, -0.1) is 6.42 Å². The Kier molecular flexibility index (Phi) is 4.09. The lowest BCUT2D eigenvalue weighted by Crippen LogP contribution is -1.98. The molecule has 2 nitrogen and oxygen atoms in total. The minimum Gasteiger partial charge on any atom is -0.449 e. The molecule has 0 aliphatic rings. The van der Waals surface area contributed by atoms with E-state index in [0.29, 0.717) is 0 Å². The molecular weight excluding hydrogens is 135 g/mol. The second-order valence-electron chi connectivity index (χ2n) is 1.65. The quantitative estimate of drug-likeness (QED) is 0.433. The molecule has 0 N–H and O–H groups in total. The summed E-state index contributed by atoms with van der Waals surface area (Å²) in [5, 5.41) is 0. The molecule has 50 valence electrons. The van der Waals surface area contributed by atoms with Crippen LogP contribution in [-0.4, -0.2) is 25.6 Å². The molecule has 0 aliphatic carbocycles. The van der Waals surface area contributed by atoms with Crippen LogP contribution in [0, 0.1) is 12.3 Å². The Labute approximate surface area is 56.3 Å². The molecule has 0 bridgehead atoms. The van der Waals surface area contributed by atoms with Gasteiger partial charge in [0.25, 0.3) is 0 Å². The summed E-state index contributed by atoms with van der Waals surface area (Å²) < 4.78 is 4.61. The van der Waals surface area contributed by atoms with Crippen LogP contribution >= 0.6 is 7.92 Å². The summed E-state index contributed by atoms with van der Waals surface area (Å²) in [6.45, 7) is 3.75. The zero-order valence-electron chi connectivity index (χ0n) is 5.55. The van der Waals surface area contributed by atoms with Gasteiger partial charge in [0.1, 0.15) is 0 Å². The number of hydrogen-bond donors (Lipinski definition) is 0. The van der Waals surface area contributed by atoms with Gasteiger partial charge in [-0.3, -0.25) is 0 Å². The van der Waals surface area contributed by atoms with Crippen molar-refractivity contribution in [2.24, 2.45) is 0 Å². The molecule has 0 aliphatic heterocycles. The summed E-state index contributed by atoms with van der Waals surface area (Å²) >= 11 is 0. The standard InChI is InChI=1S/C6H9O2P/c1-4-5-8-6(7)9(2)3/h1H,5H2,2-3H3. The van der Waals surface area contributed by atoms with E-state index >= 15 is 0 Å². The van der Waals surface area contributed by atoms with Gasteiger partial charge in [0.05, 0.1) is 0 Å². The Balaban J connectivity index is 3.42. The second-order valence-corrected chi connectivity index (χ2v) is 3.81. The third-order valence-corrected chi connectivity index (χ3v) is 1.50. The average Bonchev–Trinajstić information content (AvgIpc) is 1.82. The molecule has 0 amide bonds. The molecule has 0 radical (unpaired) electrons. The molecular formula is C6H9O2P. The second kappa shape index (κ2) is 4.35. The normalized spacial score (nSPS) is 8.67. The largest absolute Gasteiger partial charge is 0.449 e. The summed E-state index contributed by atoms with van der Waals surface area (Å²) in [7, 11) is -0.630. The molecule has 0 rings (SSSR count). The van der Waals surface area contributed by atoms with Crippen LogP contribution < -0.4 is 0 Å². The van der Waals surface area contributed by atoms with Crippen molar-refractivity contribution in [3.63, 3.8) is 0 Å². The number of terminal acetylenes is 1. The van der Waals surface area contributed by atoms with Crippen molar-refractivity contribution in [1.29, 1.82) is 0 Å². The Hall–Kier alpha value is -0.540. The highest BCUT2D eigenvalue weighted by atomic mass is 31.1. The average molecular weight is 144 g/mol. The molecule has 0 heterocycles. The van der Waals surface area contributed by atoms with Crippen molar-refractivity contribution >= 4 is 13.6 Å². The predicted molar refractivity (Wildman–Crippen MR) is 38.9 cm³/mol. The van der Waals surface area contributed by atoms with Crippen molar-refractivity contribution in [3.8, 4) is 12.3 Å². The topological polar surface area (TPSA) is 26.3 Å². The van der Waals surface area contributed by atoms with E-state index in [1.807, 2.05) is 13.3 Å². The van der Waals surface area contributed by atoms with Gasteiger partial charge in [0.15, 0.2) is 6.61 Å². The molecule has 0 atom stereocenters. The van der Waals surface area contributed by atoms with E-state index in [2.05, 4.69) is 10.7 Å². The SMILES string of the molecule is C#CCOC(=O)P(C)C. The molecule has 0 saturated heterocycles. The van der Waals surface area contributed by atoms with E-state index in [4.69, 9.17) is 6.42 Å². The third kappa shape index (κ3) is 4.00. The lowest BCUT2D eigenvalue weighted by molar-refractivity contribution is 0.188. The van der Waals surface area contributed by atoms with Gasteiger partial charge in [-0.2, -0.15) is 0 Å². The fraction of sp³-hybridized carbons (Fsp3) is 0.500. The summed E-state index contributed by atoms with van der Waals surface area (Å²) in [6, 6.07) is 0. The van der Waals surface area contributed by atoms with Crippen molar-refractivity contribution in [2.75, 3.05) is 19.9 Å². The number of carbonyl (C=O) groups excluding carboxylic acids is 1. The van der Waals surface area contributed by atoms with E-state index in [1.54, 1.807) is 0 Å². The Morgan fingerprint density at radius 1 is 1.78 bits per heavy atom. The lowest BCUT2D eigenvalue weighted by atomic mass is 10.8. The summed E-state index contributed by atoms with van der Waals surface area (Å²) in [5.41, 5.74) is -0.178. The van der Waals surface area contributed by atoms with Crippen LogP contribution in [0.1, 0.15) is 0 Å². The smallest absolute Gasteiger partial charge is 0.326 e. The maximum atomic E-state index is 10.6. The first-order chi connectivity index (χ1) is 4.18. The van der Waals surface area contributed by atoms with Gasteiger partial charge >= 0.3 is 5.71 Å². The molecule has 9 heavy (non-hydrogen) atoms. The van der Waals surface area contributed by atoms with E-state index in [0.717, 1.165) is 0 Å². The van der Waals surface area contributed by atoms with Crippen LogP contribution in [0.2, 0.25) is 0 Å². The van der Waals surface area contributed by atoms with Crippen LogP contribution in [0.5, 0.6) is 0 Å². The van der Waals surface area contributed by atoms with Crippen LogP contribution in [0.4, 0.5) is 4.79 Å². The zero-order chi connectivity index (χ0) is 7.28. The Bertz CT molecular complexity index is 134. The number of carbonyl (C=O) groups is 1. The highest BCUT2D eigenvalue weighted by molar-refractivity contribution is 7.72. The highest BCUT2D eigenvalue weighted by Gasteiger charge is 2.05. The number of ether oxygens (including phenoxy) is 1. The fourth-order valence-corrected chi connectivity index (χ4v) is 0.555. The minimum atomic E-state index is -0.630. The summed E-state index contributed by atoms with van der Waals surface area (Å²) in [5.74, 6) is 2.22. The van der Waals surface area contributed by atoms with Gasteiger partial charge < -0.3 is 4.74 Å². The highest BCUT2D eigenvalue weighted by Crippen LogP contribution is 2.26. The van der Waals surface area contributed by atoms with Crippen LogP contribution in [0.15, 0.2) is 0 Å². The minimum absolute atomic E-state index is 0.0966. The predicted octanol–water partition coefficient (Wildman–Crippen LogP) is 1.50. The van der Waals surface area contributed by atoms with Crippen LogP contribution in [-0.2, 0) is 4.74 Å². The molecule has 0 aromatic heterocycles. The van der Waals surface area contributed by atoms with E-state index < -0.39 is 7.92 Å². The van der Waals surface area contributed by atoms with E-state index in [9.17, 15) is 4.79 Å². The Morgan fingerprint density at radius 2 is 2.33 bits per heavy atom. The van der Waals surface area contributed by atoms with Crippen LogP contribution in [0.25, 0.3) is 0 Å². The molecule has 0 aromatic rings. The Morgan fingerprint density at radius 3 is 2.67 bits per heavy atom. The lowest BCUT2D eigenvalue weighted by Gasteiger charge is -2.01. The first-order valence-corrected chi connectivity index (χ1v) is 4.69. The maximum absolute atomic E-state index is 10.6. The third-order valence-electron chi connectivity index (χ3n) is 0.644. The van der Waals surface area contributed by atoms with Gasteiger partial charge in [-0.05, 0) is 13.3 Å². The molecule has 0 saturated carbocycles. The van der Waals surface area contributed by atoms with Gasteiger partial charge in [0, 0.05) is 7.92 Å². The maximum Gasteiger partial charge on any atom is 0.326 e. The number of rotatable bonds is 2. The molecule has 3 heteroatoms. The number of hydrogen-bond acceptors (Lipinski definition) is 2. The van der Waals surface area contributed by atoms with Gasteiger partial charge in [-0.25, -0.2) is 4.79 Å². The summed E-state index contributed by atoms with van der Waals surface area (Å²) in [4.78, 5) is 10.6. The van der Waals surface area contributed by atoms with Crippen molar-refractivity contribution in [2.45, 2.75) is 0 Å². The fourth-order valence-electron chi connectivity index (χ4n) is 0.233. The molecule has 0 unspecified atom stereocenters. The van der Waals surface area contributed by atoms with Gasteiger partial charge in [0.2, 0.25) is 0 Å². The van der Waals surface area contributed by atoms with Crippen molar-refractivity contribution in [1.82, 2.24) is 0 Å². The molecule has 0 spiro atoms. The van der Waals surface area contributed by atoms with E-state index in [-0.39, 0.29) is 12.3 Å². The monoisotopic (exact) mass is 144 g/mol. The van der Waals surface area contributed by atoms with Crippen molar-refractivity contribution < 1.29 is 9.53 Å². The van der Waals surface area contributed by atoms with Crippen LogP contribution in [0.3, 0.4) is 0 Å². The van der Waals surface area contributed by atoms with Crippen molar-refractivity contribution in [3.05, 3.63) is 0 Å². The summed E-state index contributed by atoms with van der Waals surface area (Å²) in [6.07, 6.45) is 4.86. The zero-order valence-corrected chi connectivity index (χ0v) is 6.44. The van der Waals surface area contributed by atoms with Gasteiger partial charge in [-0.1, -0.05) is 5.92 Å². The van der Waals surface area contributed by atoms with E-state index in [1.165, 1.54) is 0 Å².